The molecule has 20 heavy (non-hydrogen) atoms. The molecule has 0 heterocycles. The molecule has 4 heteroatoms. The third kappa shape index (κ3) is 3.68. The molecule has 1 unspecified atom stereocenters. The Balaban J connectivity index is 2.16. The Hall–Kier alpha value is -2.62. The van der Waals surface area contributed by atoms with Crippen LogP contribution in [0.4, 0.5) is 0 Å². The lowest BCUT2D eigenvalue weighted by Gasteiger charge is -2.18. The van der Waals surface area contributed by atoms with Crippen molar-refractivity contribution < 1.29 is 14.3 Å². The highest BCUT2D eigenvalue weighted by atomic mass is 16.6. The van der Waals surface area contributed by atoms with Crippen LogP contribution < -0.4 is 5.32 Å². The first-order valence-electron chi connectivity index (χ1n) is 6.25. The van der Waals surface area contributed by atoms with Crippen molar-refractivity contribution in [1.29, 1.82) is 0 Å². The van der Waals surface area contributed by atoms with Gasteiger partial charge in [0.05, 0.1) is 0 Å². The van der Waals surface area contributed by atoms with E-state index in [4.69, 9.17) is 4.74 Å². The first-order chi connectivity index (χ1) is 9.66. The molecule has 4 nitrogen and oxygen atoms in total. The maximum absolute atomic E-state index is 12.1. The molecule has 2 rings (SSSR count). The molecule has 0 radical (unpaired) electrons. The van der Waals surface area contributed by atoms with Crippen molar-refractivity contribution in [3.05, 3.63) is 71.8 Å². The molecule has 0 aliphatic heterocycles. The highest BCUT2D eigenvalue weighted by Gasteiger charge is 2.17. The highest BCUT2D eigenvalue weighted by Crippen LogP contribution is 2.15. The molecule has 0 bridgehead atoms. The third-order valence-electron chi connectivity index (χ3n) is 2.68. The van der Waals surface area contributed by atoms with Crippen LogP contribution in [0.15, 0.2) is 60.7 Å². The molecule has 1 atom stereocenters. The predicted molar refractivity (Wildman–Crippen MR) is 74.9 cm³/mol. The van der Waals surface area contributed by atoms with Gasteiger partial charge in [0.1, 0.15) is 0 Å². The smallest absolute Gasteiger partial charge is 0.304 e. The van der Waals surface area contributed by atoms with Crippen LogP contribution in [-0.4, -0.2) is 11.9 Å². The summed E-state index contributed by atoms with van der Waals surface area (Å²) in [6.45, 7) is 1.31. The SMILES string of the molecule is CC(=O)OC(NC(=O)c1ccccc1)c1ccccc1. The summed E-state index contributed by atoms with van der Waals surface area (Å²) in [5, 5.41) is 2.70. The average molecular weight is 269 g/mol. The van der Waals surface area contributed by atoms with Crippen LogP contribution in [0, 0.1) is 0 Å². The van der Waals surface area contributed by atoms with E-state index in [0.29, 0.717) is 11.1 Å². The number of carbonyl (C=O) groups excluding carboxylic acids is 2. The van der Waals surface area contributed by atoms with Gasteiger partial charge in [-0.3, -0.25) is 9.59 Å². The number of nitrogens with one attached hydrogen (secondary N) is 1. The Morgan fingerprint density at radius 1 is 0.950 bits per heavy atom. The summed E-state index contributed by atoms with van der Waals surface area (Å²) in [5.74, 6) is -0.743. The fourth-order valence-corrected chi connectivity index (χ4v) is 1.77. The van der Waals surface area contributed by atoms with Crippen LogP contribution in [0.3, 0.4) is 0 Å². The van der Waals surface area contributed by atoms with Gasteiger partial charge in [0.2, 0.25) is 6.23 Å². The predicted octanol–water partition coefficient (Wildman–Crippen LogP) is 2.68. The summed E-state index contributed by atoms with van der Waals surface area (Å²) in [4.78, 5) is 23.3. The Morgan fingerprint density at radius 2 is 1.50 bits per heavy atom. The Bertz CT molecular complexity index is 581. The van der Waals surface area contributed by atoms with Gasteiger partial charge in [-0.05, 0) is 12.1 Å². The molecule has 0 fully saturated rings. The van der Waals surface area contributed by atoms with Crippen molar-refractivity contribution in [3.63, 3.8) is 0 Å². The number of carbonyl (C=O) groups is 2. The van der Waals surface area contributed by atoms with E-state index in [1.54, 1.807) is 36.4 Å². The number of ether oxygens (including phenoxy) is 1. The second kappa shape index (κ2) is 6.52. The van der Waals surface area contributed by atoms with Gasteiger partial charge in [-0.1, -0.05) is 48.5 Å². The molecule has 0 aromatic heterocycles. The van der Waals surface area contributed by atoms with Gasteiger partial charge in [-0.25, -0.2) is 0 Å². The monoisotopic (exact) mass is 269 g/mol. The fourth-order valence-electron chi connectivity index (χ4n) is 1.77. The highest BCUT2D eigenvalue weighted by molar-refractivity contribution is 5.94. The van der Waals surface area contributed by atoms with Gasteiger partial charge in [-0.15, -0.1) is 0 Å². The molecule has 0 aliphatic rings. The molecule has 102 valence electrons. The molecule has 2 aromatic rings. The van der Waals surface area contributed by atoms with Crippen LogP contribution >= 0.6 is 0 Å². The van der Waals surface area contributed by atoms with Gasteiger partial charge in [0.25, 0.3) is 5.91 Å². The van der Waals surface area contributed by atoms with Gasteiger partial charge >= 0.3 is 5.97 Å². The number of hydrogen-bond donors (Lipinski definition) is 1. The standard InChI is InChI=1S/C16H15NO3/c1-12(18)20-16(14-10-6-3-7-11-14)17-15(19)13-8-4-2-5-9-13/h2-11,16H,1H3,(H,17,19). The van der Waals surface area contributed by atoms with Crippen molar-refractivity contribution in [2.75, 3.05) is 0 Å². The summed E-state index contributed by atoms with van der Waals surface area (Å²) in [5.41, 5.74) is 1.23. The van der Waals surface area contributed by atoms with Gasteiger partial charge < -0.3 is 10.1 Å². The zero-order chi connectivity index (χ0) is 14.4. The summed E-state index contributed by atoms with van der Waals surface area (Å²) in [6.07, 6.45) is -0.790. The van der Waals surface area contributed by atoms with Crippen molar-refractivity contribution in [2.24, 2.45) is 0 Å². The molecule has 0 spiro atoms. The van der Waals surface area contributed by atoms with Crippen LogP contribution in [0.1, 0.15) is 29.1 Å². The second-order valence-electron chi connectivity index (χ2n) is 4.24. The summed E-state index contributed by atoms with van der Waals surface area (Å²) >= 11 is 0. The lowest BCUT2D eigenvalue weighted by atomic mass is 10.1. The topological polar surface area (TPSA) is 55.4 Å². The summed E-state index contributed by atoms with van der Waals surface area (Å²) in [6, 6.07) is 17.9. The van der Waals surface area contributed by atoms with Crippen LogP contribution in [-0.2, 0) is 9.53 Å². The van der Waals surface area contributed by atoms with E-state index >= 15 is 0 Å². The summed E-state index contributed by atoms with van der Waals surface area (Å²) < 4.78 is 5.16. The van der Waals surface area contributed by atoms with Gasteiger partial charge in [0, 0.05) is 18.1 Å². The average Bonchev–Trinajstić information content (AvgIpc) is 2.48. The molecular formula is C16H15NO3. The van der Waals surface area contributed by atoms with Crippen molar-refractivity contribution >= 4 is 11.9 Å². The Morgan fingerprint density at radius 3 is 2.05 bits per heavy atom. The largest absolute Gasteiger partial charge is 0.437 e. The molecule has 0 saturated carbocycles. The number of rotatable bonds is 4. The molecule has 0 aliphatic carbocycles. The van der Waals surface area contributed by atoms with E-state index in [9.17, 15) is 9.59 Å². The normalized spacial score (nSPS) is 11.4. The minimum atomic E-state index is -0.790. The molecule has 2 aromatic carbocycles. The lowest BCUT2D eigenvalue weighted by molar-refractivity contribution is -0.147. The fraction of sp³-hybridized carbons (Fsp3) is 0.125. The third-order valence-corrected chi connectivity index (χ3v) is 2.68. The maximum atomic E-state index is 12.1. The number of benzene rings is 2. The first kappa shape index (κ1) is 13.8. The van der Waals surface area contributed by atoms with E-state index in [-0.39, 0.29) is 5.91 Å². The number of esters is 1. The minimum Gasteiger partial charge on any atom is -0.437 e. The minimum absolute atomic E-state index is 0.291. The van der Waals surface area contributed by atoms with Crippen LogP contribution in [0.5, 0.6) is 0 Å². The van der Waals surface area contributed by atoms with Crippen molar-refractivity contribution in [3.8, 4) is 0 Å². The number of amides is 1. The van der Waals surface area contributed by atoms with E-state index in [0.717, 1.165) is 0 Å². The zero-order valence-electron chi connectivity index (χ0n) is 11.1. The van der Waals surface area contributed by atoms with Crippen LogP contribution in [0.2, 0.25) is 0 Å². The Labute approximate surface area is 117 Å². The van der Waals surface area contributed by atoms with Crippen molar-refractivity contribution in [2.45, 2.75) is 13.2 Å². The van der Waals surface area contributed by atoms with Crippen molar-refractivity contribution in [1.82, 2.24) is 5.32 Å². The van der Waals surface area contributed by atoms with Gasteiger partial charge in [-0.2, -0.15) is 0 Å². The van der Waals surface area contributed by atoms with Crippen LogP contribution in [0.25, 0.3) is 0 Å². The molecule has 0 saturated heterocycles. The Kier molecular flexibility index (Phi) is 4.50. The van der Waals surface area contributed by atoms with E-state index < -0.39 is 12.2 Å². The van der Waals surface area contributed by atoms with E-state index in [1.165, 1.54) is 6.92 Å². The quantitative estimate of drug-likeness (QED) is 0.685. The summed E-state index contributed by atoms with van der Waals surface area (Å²) in [7, 11) is 0. The maximum Gasteiger partial charge on any atom is 0.304 e. The van der Waals surface area contributed by atoms with E-state index in [2.05, 4.69) is 5.32 Å². The number of hydrogen-bond acceptors (Lipinski definition) is 3. The molecular weight excluding hydrogens is 254 g/mol. The second-order valence-corrected chi connectivity index (χ2v) is 4.24. The van der Waals surface area contributed by atoms with Gasteiger partial charge in [0.15, 0.2) is 0 Å². The van der Waals surface area contributed by atoms with E-state index in [1.807, 2.05) is 24.3 Å². The molecule has 1 amide bonds. The molecule has 1 N–H and O–H groups in total. The zero-order valence-corrected chi connectivity index (χ0v) is 11.1. The first-order valence-corrected chi connectivity index (χ1v) is 6.25. The lowest BCUT2D eigenvalue weighted by Crippen LogP contribution is -2.31.